The van der Waals surface area contributed by atoms with Crippen LogP contribution >= 0.6 is 15.9 Å². The van der Waals surface area contributed by atoms with Gasteiger partial charge in [0.15, 0.2) is 0 Å². The lowest BCUT2D eigenvalue weighted by Crippen LogP contribution is -2.41. The SMILES string of the molecule is COc1ccc(N2C(=O)C(c3nc4ccccc4nc3-c3ccc(C)cc3)=C(c3ccc(C)cc3)OC2c2ccc(Br)cc2)cc1. The second-order valence-electron chi connectivity index (χ2n) is 11.2. The van der Waals surface area contributed by atoms with Crippen LogP contribution in [-0.2, 0) is 9.53 Å². The lowest BCUT2D eigenvalue weighted by molar-refractivity contribution is -0.116. The normalized spacial score (nSPS) is 14.8. The van der Waals surface area contributed by atoms with Crippen molar-refractivity contribution >= 4 is 49.9 Å². The minimum atomic E-state index is -0.759. The van der Waals surface area contributed by atoms with Gasteiger partial charge in [-0.3, -0.25) is 9.69 Å². The van der Waals surface area contributed by atoms with Crippen LogP contribution in [0.15, 0.2) is 126 Å². The molecule has 1 aliphatic heterocycles. The smallest absolute Gasteiger partial charge is 0.267 e. The molecule has 1 unspecified atom stereocenters. The number of aryl methyl sites for hydroxylation is 2. The number of amides is 1. The molecule has 1 aliphatic rings. The van der Waals surface area contributed by atoms with Gasteiger partial charge in [0.25, 0.3) is 5.91 Å². The molecule has 46 heavy (non-hydrogen) atoms. The fourth-order valence-corrected chi connectivity index (χ4v) is 5.86. The van der Waals surface area contributed by atoms with E-state index < -0.39 is 6.23 Å². The van der Waals surface area contributed by atoms with Crippen molar-refractivity contribution in [3.8, 4) is 17.0 Å². The highest BCUT2D eigenvalue weighted by Gasteiger charge is 2.41. The van der Waals surface area contributed by atoms with Crippen molar-refractivity contribution in [1.82, 2.24) is 9.97 Å². The van der Waals surface area contributed by atoms with Gasteiger partial charge in [0.2, 0.25) is 6.23 Å². The van der Waals surface area contributed by atoms with Crippen LogP contribution in [0, 0.1) is 13.8 Å². The zero-order valence-corrected chi connectivity index (χ0v) is 27.2. The molecule has 0 aliphatic carbocycles. The Hall–Kier alpha value is -5.27. The van der Waals surface area contributed by atoms with E-state index in [9.17, 15) is 0 Å². The molecular weight excluding hydrogens is 638 g/mol. The van der Waals surface area contributed by atoms with Gasteiger partial charge in [0.05, 0.1) is 23.8 Å². The molecule has 2 heterocycles. The molecule has 226 valence electrons. The molecule has 0 fully saturated rings. The van der Waals surface area contributed by atoms with Crippen LogP contribution in [0.25, 0.3) is 33.6 Å². The molecular formula is C39H30BrN3O3. The van der Waals surface area contributed by atoms with E-state index in [1.807, 2.05) is 135 Å². The number of anilines is 1. The number of nitrogens with zero attached hydrogens (tertiary/aromatic N) is 3. The van der Waals surface area contributed by atoms with Crippen LogP contribution in [-0.4, -0.2) is 23.0 Å². The lowest BCUT2D eigenvalue weighted by Gasteiger charge is -2.38. The minimum absolute atomic E-state index is 0.252. The number of hydrogen-bond acceptors (Lipinski definition) is 5. The average molecular weight is 669 g/mol. The first-order chi connectivity index (χ1) is 22.4. The van der Waals surface area contributed by atoms with E-state index in [2.05, 4.69) is 15.9 Å². The average Bonchev–Trinajstić information content (AvgIpc) is 3.08. The highest BCUT2D eigenvalue weighted by atomic mass is 79.9. The number of fused-ring (bicyclic) bond motifs is 1. The predicted molar refractivity (Wildman–Crippen MR) is 186 cm³/mol. The Morgan fingerprint density at radius 2 is 1.26 bits per heavy atom. The number of aromatic nitrogens is 2. The molecule has 7 rings (SSSR count). The van der Waals surface area contributed by atoms with Crippen molar-refractivity contribution in [2.45, 2.75) is 20.1 Å². The number of carbonyl (C=O) groups is 1. The van der Waals surface area contributed by atoms with E-state index in [4.69, 9.17) is 19.4 Å². The molecule has 6 nitrogen and oxygen atoms in total. The molecule has 1 aromatic heterocycles. The van der Waals surface area contributed by atoms with E-state index >= 15 is 4.79 Å². The third kappa shape index (κ3) is 5.54. The van der Waals surface area contributed by atoms with Gasteiger partial charge in [-0.15, -0.1) is 0 Å². The van der Waals surface area contributed by atoms with Gasteiger partial charge < -0.3 is 9.47 Å². The Bertz CT molecular complexity index is 2090. The Labute approximate surface area is 276 Å². The van der Waals surface area contributed by atoms with Crippen LogP contribution in [0.2, 0.25) is 0 Å². The van der Waals surface area contributed by atoms with Gasteiger partial charge in [-0.05, 0) is 62.4 Å². The summed E-state index contributed by atoms with van der Waals surface area (Å²) in [5, 5.41) is 0. The Balaban J connectivity index is 1.53. The van der Waals surface area contributed by atoms with E-state index in [1.165, 1.54) is 0 Å². The van der Waals surface area contributed by atoms with E-state index in [0.717, 1.165) is 37.8 Å². The number of rotatable bonds is 6. The van der Waals surface area contributed by atoms with E-state index in [0.29, 0.717) is 39.7 Å². The summed E-state index contributed by atoms with van der Waals surface area (Å²) in [6.45, 7) is 4.08. The van der Waals surface area contributed by atoms with Crippen molar-refractivity contribution in [3.63, 3.8) is 0 Å². The highest BCUT2D eigenvalue weighted by molar-refractivity contribution is 9.10. The highest BCUT2D eigenvalue weighted by Crippen LogP contribution is 2.45. The molecule has 0 bridgehead atoms. The number of benzene rings is 5. The van der Waals surface area contributed by atoms with Crippen molar-refractivity contribution in [3.05, 3.63) is 154 Å². The van der Waals surface area contributed by atoms with Crippen molar-refractivity contribution < 1.29 is 14.3 Å². The van der Waals surface area contributed by atoms with Crippen molar-refractivity contribution in [2.24, 2.45) is 0 Å². The summed E-state index contributed by atoms with van der Waals surface area (Å²) in [4.78, 5) is 27.1. The molecule has 6 aromatic rings. The topological polar surface area (TPSA) is 64.5 Å². The number of halogens is 1. The zero-order chi connectivity index (χ0) is 31.8. The Kier molecular flexibility index (Phi) is 7.84. The Morgan fingerprint density at radius 3 is 1.85 bits per heavy atom. The van der Waals surface area contributed by atoms with Gasteiger partial charge in [0.1, 0.15) is 22.8 Å². The van der Waals surface area contributed by atoms with Crippen LogP contribution in [0.1, 0.15) is 34.2 Å². The fourth-order valence-electron chi connectivity index (χ4n) is 5.60. The van der Waals surface area contributed by atoms with Crippen molar-refractivity contribution in [1.29, 1.82) is 0 Å². The summed E-state index contributed by atoms with van der Waals surface area (Å²) < 4.78 is 13.4. The summed E-state index contributed by atoms with van der Waals surface area (Å²) in [5.74, 6) is 0.881. The minimum Gasteiger partial charge on any atom is -0.497 e. The van der Waals surface area contributed by atoms with Crippen LogP contribution in [0.4, 0.5) is 5.69 Å². The summed E-state index contributed by atoms with van der Waals surface area (Å²) in [6.07, 6.45) is -0.759. The van der Waals surface area contributed by atoms with Gasteiger partial charge >= 0.3 is 0 Å². The predicted octanol–water partition coefficient (Wildman–Crippen LogP) is 9.32. The second-order valence-corrected chi connectivity index (χ2v) is 12.2. The largest absolute Gasteiger partial charge is 0.497 e. The maximum atomic E-state index is 15.2. The number of methoxy groups -OCH3 is 1. The number of carbonyl (C=O) groups excluding carboxylic acids is 1. The van der Waals surface area contributed by atoms with Crippen LogP contribution in [0.5, 0.6) is 5.75 Å². The number of para-hydroxylation sites is 2. The molecule has 5 aromatic carbocycles. The first kappa shape index (κ1) is 29.4. The number of hydrogen-bond donors (Lipinski definition) is 0. The molecule has 0 saturated heterocycles. The number of ether oxygens (including phenoxy) is 2. The maximum absolute atomic E-state index is 15.2. The van der Waals surface area contributed by atoms with Crippen LogP contribution in [0.3, 0.4) is 0 Å². The molecule has 0 spiro atoms. The first-order valence-electron chi connectivity index (χ1n) is 14.9. The lowest BCUT2D eigenvalue weighted by atomic mass is 9.95. The second kappa shape index (κ2) is 12.3. The molecule has 7 heteroatoms. The first-order valence-corrected chi connectivity index (χ1v) is 15.7. The summed E-state index contributed by atoms with van der Waals surface area (Å²) in [7, 11) is 1.62. The molecule has 0 radical (unpaired) electrons. The zero-order valence-electron chi connectivity index (χ0n) is 25.6. The van der Waals surface area contributed by atoms with Gasteiger partial charge in [-0.25, -0.2) is 9.97 Å². The summed E-state index contributed by atoms with van der Waals surface area (Å²) >= 11 is 3.55. The quantitative estimate of drug-likeness (QED) is 0.177. The van der Waals surface area contributed by atoms with Crippen LogP contribution < -0.4 is 9.64 Å². The monoisotopic (exact) mass is 667 g/mol. The summed E-state index contributed by atoms with van der Waals surface area (Å²) in [6, 6.07) is 39.1. The van der Waals surface area contributed by atoms with Gasteiger partial charge in [0, 0.05) is 26.9 Å². The third-order valence-corrected chi connectivity index (χ3v) is 8.60. The third-order valence-electron chi connectivity index (χ3n) is 8.08. The molecule has 1 atom stereocenters. The molecule has 0 saturated carbocycles. The van der Waals surface area contributed by atoms with E-state index in [-0.39, 0.29) is 5.91 Å². The van der Waals surface area contributed by atoms with Gasteiger partial charge in [-0.2, -0.15) is 0 Å². The van der Waals surface area contributed by atoms with E-state index in [1.54, 1.807) is 12.0 Å². The molecule has 1 amide bonds. The fraction of sp³-hybridized carbons (Fsp3) is 0.103. The van der Waals surface area contributed by atoms with Crippen molar-refractivity contribution in [2.75, 3.05) is 12.0 Å². The Morgan fingerprint density at radius 1 is 0.696 bits per heavy atom. The van der Waals surface area contributed by atoms with Gasteiger partial charge in [-0.1, -0.05) is 99.9 Å². The standard InChI is InChI=1S/C39H30BrN3O3/c1-24-8-12-26(13-9-24)35-36(42-33-7-5-4-6-32(33)41-35)34-37(27-14-10-25(2)11-15-27)46-39(28-16-18-29(40)19-17-28)43(38(34)44)30-20-22-31(45-3)23-21-30/h4-23,39H,1-3H3. The molecule has 0 N–H and O–H groups in total. The maximum Gasteiger partial charge on any atom is 0.267 e. The summed E-state index contributed by atoms with van der Waals surface area (Å²) in [5.41, 5.74) is 8.14.